The molecule has 102 valence electrons. The lowest BCUT2D eigenvalue weighted by molar-refractivity contribution is 0.869. The summed E-state index contributed by atoms with van der Waals surface area (Å²) in [5, 5.41) is 3.40. The van der Waals surface area contributed by atoms with Crippen LogP contribution in [-0.4, -0.2) is 14.4 Å². The Morgan fingerprint density at radius 1 is 1.25 bits per heavy atom. The number of halogens is 1. The second-order valence-electron chi connectivity index (χ2n) is 4.94. The zero-order chi connectivity index (χ0) is 14.1. The molecule has 2 aromatic heterocycles. The van der Waals surface area contributed by atoms with Gasteiger partial charge in [0.25, 0.3) is 0 Å². The highest BCUT2D eigenvalue weighted by Gasteiger charge is 2.10. The number of benzene rings is 1. The van der Waals surface area contributed by atoms with Crippen LogP contribution in [0.2, 0.25) is 0 Å². The van der Waals surface area contributed by atoms with Crippen LogP contribution in [0.25, 0.3) is 5.65 Å². The Bertz CT molecular complexity index is 748. The van der Waals surface area contributed by atoms with Gasteiger partial charge in [0.15, 0.2) is 11.5 Å². The van der Waals surface area contributed by atoms with E-state index in [1.54, 1.807) is 6.20 Å². The molecule has 4 nitrogen and oxygen atoms in total. The van der Waals surface area contributed by atoms with Crippen molar-refractivity contribution < 1.29 is 0 Å². The van der Waals surface area contributed by atoms with Crippen LogP contribution in [0, 0.1) is 0 Å². The minimum atomic E-state index is 0.446. The van der Waals surface area contributed by atoms with Crippen LogP contribution in [0.4, 0.5) is 11.5 Å². The van der Waals surface area contributed by atoms with E-state index in [2.05, 4.69) is 63.3 Å². The molecular formula is C15H15BrN4. The van der Waals surface area contributed by atoms with E-state index in [4.69, 9.17) is 0 Å². The summed E-state index contributed by atoms with van der Waals surface area (Å²) < 4.78 is 2.71. The SMILES string of the molecule is CC(C)c1ccccc1Nc1nc(Br)cn2ccnc12. The van der Waals surface area contributed by atoms with Gasteiger partial charge in [0.05, 0.1) is 0 Å². The third kappa shape index (κ3) is 2.41. The van der Waals surface area contributed by atoms with E-state index in [0.717, 1.165) is 21.8 Å². The third-order valence-electron chi connectivity index (χ3n) is 3.18. The molecule has 0 atom stereocenters. The lowest BCUT2D eigenvalue weighted by atomic mass is 10.0. The van der Waals surface area contributed by atoms with Crippen LogP contribution in [0.15, 0.2) is 47.5 Å². The van der Waals surface area contributed by atoms with Crippen molar-refractivity contribution in [1.82, 2.24) is 14.4 Å². The summed E-state index contributed by atoms with van der Waals surface area (Å²) in [6.45, 7) is 4.36. The van der Waals surface area contributed by atoms with Crippen molar-refractivity contribution in [3.8, 4) is 0 Å². The van der Waals surface area contributed by atoms with Crippen molar-refractivity contribution in [2.24, 2.45) is 0 Å². The minimum absolute atomic E-state index is 0.446. The molecule has 0 aliphatic rings. The Kier molecular flexibility index (Phi) is 3.44. The first-order valence-electron chi connectivity index (χ1n) is 6.50. The summed E-state index contributed by atoms with van der Waals surface area (Å²) in [5.74, 6) is 1.19. The van der Waals surface area contributed by atoms with Crippen LogP contribution in [0.5, 0.6) is 0 Å². The summed E-state index contributed by atoms with van der Waals surface area (Å²) in [5.41, 5.74) is 3.14. The highest BCUT2D eigenvalue weighted by atomic mass is 79.9. The van der Waals surface area contributed by atoms with Gasteiger partial charge in [0.2, 0.25) is 0 Å². The summed E-state index contributed by atoms with van der Waals surface area (Å²) in [7, 11) is 0. The standard InChI is InChI=1S/C15H15BrN4/c1-10(2)11-5-3-4-6-12(11)18-14-15-17-7-8-20(15)9-13(16)19-14/h3-10H,1-2H3,(H,18,19). The fraction of sp³-hybridized carbons (Fsp3) is 0.200. The van der Waals surface area contributed by atoms with E-state index in [9.17, 15) is 0 Å². The van der Waals surface area contributed by atoms with Gasteiger partial charge in [-0.25, -0.2) is 9.97 Å². The van der Waals surface area contributed by atoms with Crippen LogP contribution in [0.3, 0.4) is 0 Å². The summed E-state index contributed by atoms with van der Waals surface area (Å²) in [4.78, 5) is 8.84. The molecule has 20 heavy (non-hydrogen) atoms. The zero-order valence-corrected chi connectivity index (χ0v) is 12.9. The molecule has 3 aromatic rings. The number of fused-ring (bicyclic) bond motifs is 1. The predicted molar refractivity (Wildman–Crippen MR) is 84.5 cm³/mol. The number of rotatable bonds is 3. The lowest BCUT2D eigenvalue weighted by Crippen LogP contribution is -2.02. The van der Waals surface area contributed by atoms with E-state index in [-0.39, 0.29) is 0 Å². The number of anilines is 2. The number of hydrogen-bond donors (Lipinski definition) is 1. The average molecular weight is 331 g/mol. The first-order chi connectivity index (χ1) is 9.65. The van der Waals surface area contributed by atoms with Gasteiger partial charge in [-0.3, -0.25) is 0 Å². The van der Waals surface area contributed by atoms with Gasteiger partial charge in [0.1, 0.15) is 4.60 Å². The predicted octanol–water partition coefficient (Wildman–Crippen LogP) is 4.36. The van der Waals surface area contributed by atoms with Crippen LogP contribution >= 0.6 is 15.9 Å². The molecule has 0 bridgehead atoms. The Morgan fingerprint density at radius 2 is 2.05 bits per heavy atom. The maximum Gasteiger partial charge on any atom is 0.180 e. The van der Waals surface area contributed by atoms with E-state index >= 15 is 0 Å². The fourth-order valence-corrected chi connectivity index (χ4v) is 2.62. The Morgan fingerprint density at radius 3 is 2.85 bits per heavy atom. The molecule has 0 aliphatic heterocycles. The second-order valence-corrected chi connectivity index (χ2v) is 5.75. The number of aromatic nitrogens is 3. The Labute approximate surface area is 126 Å². The van der Waals surface area contributed by atoms with Gasteiger partial charge < -0.3 is 9.72 Å². The maximum atomic E-state index is 4.49. The van der Waals surface area contributed by atoms with Crippen molar-refractivity contribution in [3.05, 3.63) is 53.0 Å². The highest BCUT2D eigenvalue weighted by molar-refractivity contribution is 9.10. The van der Waals surface area contributed by atoms with Gasteiger partial charge in [-0.2, -0.15) is 0 Å². The number of nitrogens with one attached hydrogen (secondary N) is 1. The lowest BCUT2D eigenvalue weighted by Gasteiger charge is -2.14. The van der Waals surface area contributed by atoms with E-state index < -0.39 is 0 Å². The molecule has 0 spiro atoms. The van der Waals surface area contributed by atoms with Crippen LogP contribution in [-0.2, 0) is 0 Å². The van der Waals surface area contributed by atoms with Gasteiger partial charge in [-0.15, -0.1) is 0 Å². The van der Waals surface area contributed by atoms with Crippen molar-refractivity contribution in [3.63, 3.8) is 0 Å². The zero-order valence-electron chi connectivity index (χ0n) is 11.3. The van der Waals surface area contributed by atoms with Crippen molar-refractivity contribution >= 4 is 33.1 Å². The molecule has 0 fully saturated rings. The molecule has 0 saturated carbocycles. The summed E-state index contributed by atoms with van der Waals surface area (Å²) in [6, 6.07) is 8.28. The molecule has 0 saturated heterocycles. The van der Waals surface area contributed by atoms with Crippen molar-refractivity contribution in [2.45, 2.75) is 19.8 Å². The molecule has 0 unspecified atom stereocenters. The van der Waals surface area contributed by atoms with E-state index in [1.807, 2.05) is 22.9 Å². The van der Waals surface area contributed by atoms with Crippen molar-refractivity contribution in [2.75, 3.05) is 5.32 Å². The van der Waals surface area contributed by atoms with Gasteiger partial charge in [0, 0.05) is 24.3 Å². The highest BCUT2D eigenvalue weighted by Crippen LogP contribution is 2.28. The third-order valence-corrected chi connectivity index (χ3v) is 3.56. The van der Waals surface area contributed by atoms with Crippen LogP contribution in [0.1, 0.15) is 25.3 Å². The van der Waals surface area contributed by atoms with Crippen molar-refractivity contribution in [1.29, 1.82) is 0 Å². The van der Waals surface area contributed by atoms with E-state index in [0.29, 0.717) is 5.92 Å². The molecule has 2 heterocycles. The topological polar surface area (TPSA) is 42.2 Å². The normalized spacial score (nSPS) is 11.2. The Hall–Kier alpha value is -1.88. The molecule has 0 aliphatic carbocycles. The summed E-state index contributed by atoms with van der Waals surface area (Å²) >= 11 is 3.43. The summed E-state index contributed by atoms with van der Waals surface area (Å²) in [6.07, 6.45) is 5.56. The molecule has 3 rings (SSSR count). The van der Waals surface area contributed by atoms with Gasteiger partial charge >= 0.3 is 0 Å². The number of nitrogens with zero attached hydrogens (tertiary/aromatic N) is 3. The molecule has 0 amide bonds. The smallest absolute Gasteiger partial charge is 0.180 e. The number of para-hydroxylation sites is 1. The minimum Gasteiger partial charge on any atom is -0.337 e. The van der Waals surface area contributed by atoms with Gasteiger partial charge in [-0.05, 0) is 33.5 Å². The molecule has 5 heteroatoms. The molecular weight excluding hydrogens is 316 g/mol. The fourth-order valence-electron chi connectivity index (χ4n) is 2.23. The van der Waals surface area contributed by atoms with Gasteiger partial charge in [-0.1, -0.05) is 32.0 Å². The first kappa shape index (κ1) is 13.1. The first-order valence-corrected chi connectivity index (χ1v) is 7.29. The Balaban J connectivity index is 2.08. The monoisotopic (exact) mass is 330 g/mol. The maximum absolute atomic E-state index is 4.49. The molecule has 1 aromatic carbocycles. The molecule has 0 radical (unpaired) electrons. The number of hydrogen-bond acceptors (Lipinski definition) is 3. The second kappa shape index (κ2) is 5.25. The van der Waals surface area contributed by atoms with E-state index in [1.165, 1.54) is 5.56 Å². The number of imidazole rings is 1. The largest absolute Gasteiger partial charge is 0.337 e. The molecule has 1 N–H and O–H groups in total. The average Bonchev–Trinajstić information content (AvgIpc) is 2.87. The van der Waals surface area contributed by atoms with Crippen LogP contribution < -0.4 is 5.32 Å². The quantitative estimate of drug-likeness (QED) is 0.775.